The van der Waals surface area contributed by atoms with Gasteiger partial charge in [-0.1, -0.05) is 60.7 Å². The molecule has 6 nitrogen and oxygen atoms in total. The Balaban J connectivity index is 1.71. The summed E-state index contributed by atoms with van der Waals surface area (Å²) in [5, 5.41) is 11.7. The second-order valence-electron chi connectivity index (χ2n) is 8.12. The van der Waals surface area contributed by atoms with Crippen LogP contribution in [0.15, 0.2) is 78.9 Å². The number of nitrogens with one attached hydrogen (secondary N) is 2. The summed E-state index contributed by atoms with van der Waals surface area (Å²) < 4.78 is 5.24. The van der Waals surface area contributed by atoms with Crippen molar-refractivity contribution < 1.29 is 19.5 Å². The minimum Gasteiger partial charge on any atom is -0.490 e. The van der Waals surface area contributed by atoms with E-state index in [0.717, 1.165) is 38.2 Å². The molecule has 31 heavy (non-hydrogen) atoms. The van der Waals surface area contributed by atoms with Crippen molar-refractivity contribution in [2.75, 3.05) is 20.2 Å². The molecule has 0 amide bonds. The Kier molecular flexibility index (Phi) is 6.60. The van der Waals surface area contributed by atoms with Crippen LogP contribution in [0.5, 0.6) is 5.75 Å². The fourth-order valence-corrected chi connectivity index (χ4v) is 4.72. The van der Waals surface area contributed by atoms with Gasteiger partial charge in [-0.3, -0.25) is 19.9 Å². The van der Waals surface area contributed by atoms with Crippen LogP contribution in [0.2, 0.25) is 0 Å². The SMILES string of the molecule is COc1ccc(C2[NH+](Cc3ccccc3)CCC[NH+]2Cc2ccccc2)cc1[N+](=O)[O-]. The topological polar surface area (TPSA) is 61.2 Å². The van der Waals surface area contributed by atoms with E-state index in [0.29, 0.717) is 5.75 Å². The first-order chi connectivity index (χ1) is 15.2. The lowest BCUT2D eigenvalue weighted by molar-refractivity contribution is -1.16. The first kappa shape index (κ1) is 21.0. The van der Waals surface area contributed by atoms with E-state index < -0.39 is 0 Å². The van der Waals surface area contributed by atoms with Gasteiger partial charge in [0.2, 0.25) is 6.17 Å². The van der Waals surface area contributed by atoms with Crippen molar-refractivity contribution in [1.82, 2.24) is 0 Å². The van der Waals surface area contributed by atoms with Crippen LogP contribution in [-0.2, 0) is 13.1 Å². The highest BCUT2D eigenvalue weighted by Crippen LogP contribution is 2.28. The average Bonchev–Trinajstić information content (AvgIpc) is 2.80. The summed E-state index contributed by atoms with van der Waals surface area (Å²) in [5.41, 5.74) is 3.59. The molecule has 1 aliphatic rings. The van der Waals surface area contributed by atoms with Crippen molar-refractivity contribution in [2.45, 2.75) is 25.7 Å². The summed E-state index contributed by atoms with van der Waals surface area (Å²) in [7, 11) is 1.47. The van der Waals surface area contributed by atoms with E-state index in [1.807, 2.05) is 18.2 Å². The number of hydrogen-bond acceptors (Lipinski definition) is 3. The smallest absolute Gasteiger partial charge is 0.311 e. The quantitative estimate of drug-likeness (QED) is 0.456. The normalized spacial score (nSPS) is 20.9. The molecular formula is C25H29N3O3+2. The Morgan fingerprint density at radius 1 is 0.903 bits per heavy atom. The van der Waals surface area contributed by atoms with Crippen molar-refractivity contribution in [1.29, 1.82) is 0 Å². The number of ether oxygens (including phenoxy) is 1. The molecule has 1 fully saturated rings. The predicted octanol–water partition coefficient (Wildman–Crippen LogP) is 2.18. The Morgan fingerprint density at radius 2 is 1.45 bits per heavy atom. The van der Waals surface area contributed by atoms with Gasteiger partial charge in [0.15, 0.2) is 5.75 Å². The zero-order chi connectivity index (χ0) is 21.6. The van der Waals surface area contributed by atoms with Crippen molar-refractivity contribution in [3.05, 3.63) is 106 Å². The van der Waals surface area contributed by atoms with E-state index in [2.05, 4.69) is 48.5 Å². The van der Waals surface area contributed by atoms with E-state index in [1.165, 1.54) is 28.0 Å². The summed E-state index contributed by atoms with van der Waals surface area (Å²) in [5.74, 6) is 0.304. The molecule has 3 aromatic carbocycles. The van der Waals surface area contributed by atoms with Crippen LogP contribution >= 0.6 is 0 Å². The molecule has 0 aliphatic carbocycles. The van der Waals surface area contributed by atoms with Gasteiger partial charge in [-0.2, -0.15) is 0 Å². The molecule has 160 valence electrons. The molecule has 3 aromatic rings. The lowest BCUT2D eigenvalue weighted by Crippen LogP contribution is -3.32. The zero-order valence-electron chi connectivity index (χ0n) is 17.8. The van der Waals surface area contributed by atoms with E-state index in [-0.39, 0.29) is 16.8 Å². The third-order valence-electron chi connectivity index (χ3n) is 6.09. The highest BCUT2D eigenvalue weighted by molar-refractivity contribution is 5.48. The lowest BCUT2D eigenvalue weighted by atomic mass is 10.0. The number of methoxy groups -OCH3 is 1. The van der Waals surface area contributed by atoms with Crippen LogP contribution in [0.1, 0.15) is 29.3 Å². The summed E-state index contributed by atoms with van der Waals surface area (Å²) in [6, 6.07) is 26.4. The molecular weight excluding hydrogens is 390 g/mol. The molecule has 1 saturated heterocycles. The molecule has 1 heterocycles. The first-order valence-electron chi connectivity index (χ1n) is 10.7. The van der Waals surface area contributed by atoms with Gasteiger partial charge in [0.1, 0.15) is 13.1 Å². The lowest BCUT2D eigenvalue weighted by Gasteiger charge is -2.38. The van der Waals surface area contributed by atoms with E-state index in [1.54, 1.807) is 12.1 Å². The average molecular weight is 420 g/mol. The van der Waals surface area contributed by atoms with Crippen molar-refractivity contribution in [2.24, 2.45) is 0 Å². The maximum Gasteiger partial charge on any atom is 0.311 e. The number of nitrogens with zero attached hydrogens (tertiary/aromatic N) is 1. The molecule has 0 spiro atoms. The third kappa shape index (κ3) is 4.93. The maximum atomic E-state index is 11.7. The van der Waals surface area contributed by atoms with Gasteiger partial charge in [-0.05, 0) is 12.1 Å². The Bertz CT molecular complexity index is 962. The molecule has 4 rings (SSSR count). The molecule has 0 aromatic heterocycles. The maximum absolute atomic E-state index is 11.7. The first-order valence-corrected chi connectivity index (χ1v) is 10.7. The number of nitro benzene ring substituents is 1. The molecule has 1 aliphatic heterocycles. The molecule has 0 saturated carbocycles. The molecule has 0 radical (unpaired) electrons. The second-order valence-corrected chi connectivity index (χ2v) is 8.12. The number of nitro groups is 1. The minimum atomic E-state index is -0.348. The van der Waals surface area contributed by atoms with Gasteiger partial charge in [-0.25, -0.2) is 0 Å². The number of benzene rings is 3. The van der Waals surface area contributed by atoms with Gasteiger partial charge in [-0.15, -0.1) is 0 Å². The zero-order valence-corrected chi connectivity index (χ0v) is 17.8. The van der Waals surface area contributed by atoms with E-state index in [9.17, 15) is 10.1 Å². The van der Waals surface area contributed by atoms with Crippen molar-refractivity contribution in [3.63, 3.8) is 0 Å². The number of quaternary nitrogens is 2. The monoisotopic (exact) mass is 419 g/mol. The summed E-state index contributed by atoms with van der Waals surface area (Å²) in [6.45, 7) is 3.86. The number of rotatable bonds is 7. The van der Waals surface area contributed by atoms with Crippen molar-refractivity contribution in [3.8, 4) is 5.75 Å². The van der Waals surface area contributed by atoms with Gasteiger partial charge in [0, 0.05) is 23.6 Å². The van der Waals surface area contributed by atoms with Crippen LogP contribution in [0, 0.1) is 10.1 Å². The fraction of sp³-hybridized carbons (Fsp3) is 0.280. The second kappa shape index (κ2) is 9.73. The van der Waals surface area contributed by atoms with Gasteiger partial charge in [0.05, 0.1) is 30.7 Å². The van der Waals surface area contributed by atoms with Gasteiger partial charge >= 0.3 is 5.69 Å². The Hall–Kier alpha value is -3.22. The van der Waals surface area contributed by atoms with Crippen LogP contribution in [-0.4, -0.2) is 25.1 Å². The molecule has 2 unspecified atom stereocenters. The van der Waals surface area contributed by atoms with Crippen LogP contribution in [0.3, 0.4) is 0 Å². The van der Waals surface area contributed by atoms with Crippen LogP contribution in [0.25, 0.3) is 0 Å². The Labute approximate surface area is 182 Å². The largest absolute Gasteiger partial charge is 0.490 e. The predicted molar refractivity (Wildman–Crippen MR) is 119 cm³/mol. The molecule has 0 bridgehead atoms. The van der Waals surface area contributed by atoms with Crippen LogP contribution < -0.4 is 14.5 Å². The minimum absolute atomic E-state index is 0.0312. The number of hydrogen-bond donors (Lipinski definition) is 2. The molecule has 2 atom stereocenters. The summed E-state index contributed by atoms with van der Waals surface area (Å²) in [6.07, 6.45) is 1.23. The summed E-state index contributed by atoms with van der Waals surface area (Å²) >= 11 is 0. The standard InChI is InChI=1S/C25H27N3O3/c1-31-24-14-13-22(17-23(24)28(29)30)25-26(18-20-9-4-2-5-10-20)15-8-16-27(25)19-21-11-6-3-7-12-21/h2-7,9-14,17,25H,8,15-16,18-19H2,1H3/p+2. The molecule has 2 N–H and O–H groups in total. The highest BCUT2D eigenvalue weighted by atomic mass is 16.6. The van der Waals surface area contributed by atoms with Crippen LogP contribution in [0.4, 0.5) is 5.69 Å². The fourth-order valence-electron chi connectivity index (χ4n) is 4.72. The van der Waals surface area contributed by atoms with Crippen molar-refractivity contribution >= 4 is 5.69 Å². The van der Waals surface area contributed by atoms with E-state index in [4.69, 9.17) is 4.74 Å². The van der Waals surface area contributed by atoms with Gasteiger partial charge in [0.25, 0.3) is 0 Å². The Morgan fingerprint density at radius 3 is 1.94 bits per heavy atom. The molecule has 6 heteroatoms. The third-order valence-corrected chi connectivity index (χ3v) is 6.09. The van der Waals surface area contributed by atoms with Gasteiger partial charge < -0.3 is 4.74 Å². The summed E-state index contributed by atoms with van der Waals surface area (Å²) in [4.78, 5) is 14.2. The van der Waals surface area contributed by atoms with E-state index >= 15 is 0 Å². The highest BCUT2D eigenvalue weighted by Gasteiger charge is 2.39.